The van der Waals surface area contributed by atoms with Crippen LogP contribution < -0.4 is 20.1 Å². The lowest BCUT2D eigenvalue weighted by Gasteiger charge is -2.28. The number of hydrogen-bond acceptors (Lipinski definition) is 10. The van der Waals surface area contributed by atoms with Crippen LogP contribution in [0.15, 0.2) is 47.7 Å². The van der Waals surface area contributed by atoms with Crippen molar-refractivity contribution in [1.29, 1.82) is 0 Å². The van der Waals surface area contributed by atoms with Crippen LogP contribution in [0.4, 0.5) is 17.3 Å². The molecule has 0 radical (unpaired) electrons. The molecule has 2 aromatic carbocycles. The van der Waals surface area contributed by atoms with E-state index in [-0.39, 0.29) is 22.8 Å². The number of rotatable bonds is 6. The van der Waals surface area contributed by atoms with Gasteiger partial charge in [-0.25, -0.2) is 0 Å². The van der Waals surface area contributed by atoms with Crippen LogP contribution in [-0.4, -0.2) is 50.4 Å². The molecule has 0 saturated carbocycles. The van der Waals surface area contributed by atoms with Crippen LogP contribution in [0.3, 0.4) is 0 Å². The van der Waals surface area contributed by atoms with E-state index in [1.165, 1.54) is 25.0 Å². The van der Waals surface area contributed by atoms with Crippen molar-refractivity contribution < 1.29 is 24.3 Å². The molecular formula is C20H19N7O6. The van der Waals surface area contributed by atoms with Crippen molar-refractivity contribution in [1.82, 2.24) is 20.2 Å². The Morgan fingerprint density at radius 3 is 2.67 bits per heavy atom. The molecule has 3 N–H and O–H groups in total. The molecule has 0 saturated heterocycles. The molecule has 13 nitrogen and oxygen atoms in total. The Hall–Kier alpha value is -4.68. The summed E-state index contributed by atoms with van der Waals surface area (Å²) >= 11 is 0. The monoisotopic (exact) mass is 453 g/mol. The molecule has 0 aliphatic carbocycles. The minimum atomic E-state index is -0.959. The third-order valence-corrected chi connectivity index (χ3v) is 5.12. The highest BCUT2D eigenvalue weighted by Crippen LogP contribution is 2.43. The molecule has 4 rings (SSSR count). The Morgan fingerprint density at radius 2 is 1.97 bits per heavy atom. The molecular weight excluding hydrogens is 434 g/mol. The molecule has 0 bridgehead atoms. The van der Waals surface area contributed by atoms with E-state index in [2.05, 4.69) is 26.2 Å². The van der Waals surface area contributed by atoms with Crippen LogP contribution in [0, 0.1) is 10.1 Å². The molecule has 1 aliphatic heterocycles. The molecule has 3 aromatic rings. The predicted molar refractivity (Wildman–Crippen MR) is 115 cm³/mol. The molecule has 1 amide bonds. The van der Waals surface area contributed by atoms with Crippen molar-refractivity contribution in [2.75, 3.05) is 24.9 Å². The number of para-hydroxylation sites is 2. The van der Waals surface area contributed by atoms with Gasteiger partial charge in [0.2, 0.25) is 11.7 Å². The molecule has 33 heavy (non-hydrogen) atoms. The molecule has 0 fully saturated rings. The molecule has 0 unspecified atom stereocenters. The first-order chi connectivity index (χ1) is 15.8. The molecule has 1 aromatic heterocycles. The normalized spacial score (nSPS) is 14.8. The van der Waals surface area contributed by atoms with Gasteiger partial charge in [0.1, 0.15) is 11.8 Å². The van der Waals surface area contributed by atoms with E-state index in [1.807, 2.05) is 0 Å². The Balaban J connectivity index is 1.86. The highest BCUT2D eigenvalue weighted by atomic mass is 16.6. The number of anilines is 2. The quantitative estimate of drug-likeness (QED) is 0.372. The first kappa shape index (κ1) is 21.5. The number of nitro benzene ring substituents is 1. The Bertz CT molecular complexity index is 1290. The zero-order valence-electron chi connectivity index (χ0n) is 17.8. The number of ether oxygens (including phenoxy) is 2. The zero-order chi connectivity index (χ0) is 23.7. The number of phenols is 1. The Labute approximate surface area is 186 Å². The minimum absolute atomic E-state index is 0.130. The third kappa shape index (κ3) is 3.75. The highest BCUT2D eigenvalue weighted by Gasteiger charge is 2.36. The summed E-state index contributed by atoms with van der Waals surface area (Å²) in [4.78, 5) is 24.2. The first-order valence-corrected chi connectivity index (χ1v) is 9.61. The summed E-state index contributed by atoms with van der Waals surface area (Å²) in [5, 5.41) is 39.0. The van der Waals surface area contributed by atoms with Gasteiger partial charge in [0, 0.05) is 11.8 Å². The van der Waals surface area contributed by atoms with Crippen LogP contribution in [0.2, 0.25) is 0 Å². The number of carbonyl (C=O) groups excluding carboxylic acids is 1. The molecule has 2 heterocycles. The van der Waals surface area contributed by atoms with Crippen LogP contribution in [0.25, 0.3) is 0 Å². The molecule has 1 aliphatic rings. The number of fused-ring (bicyclic) bond motifs is 1. The summed E-state index contributed by atoms with van der Waals surface area (Å²) in [5.74, 6) is -0.576. The smallest absolute Gasteiger partial charge is 0.315 e. The standard InChI is InChI=1S/C20H19N7O6/c1-10-16(19(29)22-12-6-4-5-7-14(12)32-2)17(26-20(21-10)23-24-25-26)11-8-13(27(30)31)18(28)15(9-11)33-3/h4-9,17,28H,1-3H3,(H,22,29)(H,21,23,25)/t17-/m1/s1. The summed E-state index contributed by atoms with van der Waals surface area (Å²) in [6.45, 7) is 1.66. The van der Waals surface area contributed by atoms with Gasteiger partial charge in [0.25, 0.3) is 5.91 Å². The van der Waals surface area contributed by atoms with Crippen LogP contribution in [0.1, 0.15) is 18.5 Å². The van der Waals surface area contributed by atoms with Gasteiger partial charge in [0.05, 0.1) is 30.4 Å². The van der Waals surface area contributed by atoms with Gasteiger partial charge in [-0.1, -0.05) is 17.2 Å². The lowest BCUT2D eigenvalue weighted by Crippen LogP contribution is -2.31. The fourth-order valence-electron chi connectivity index (χ4n) is 3.62. The number of allylic oxidation sites excluding steroid dienone is 1. The van der Waals surface area contributed by atoms with Crippen molar-refractivity contribution in [3.8, 4) is 17.2 Å². The van der Waals surface area contributed by atoms with E-state index in [4.69, 9.17) is 9.47 Å². The number of phenolic OH excluding ortho intramolecular Hbond substituents is 1. The van der Waals surface area contributed by atoms with Crippen LogP contribution in [0.5, 0.6) is 17.2 Å². The van der Waals surface area contributed by atoms with Gasteiger partial charge in [-0.15, -0.1) is 0 Å². The topological polar surface area (TPSA) is 167 Å². The average molecular weight is 453 g/mol. The van der Waals surface area contributed by atoms with E-state index < -0.39 is 28.3 Å². The summed E-state index contributed by atoms with van der Waals surface area (Å²) in [6, 6.07) is 8.47. The zero-order valence-corrected chi connectivity index (χ0v) is 17.8. The molecule has 0 spiro atoms. The minimum Gasteiger partial charge on any atom is -0.500 e. The van der Waals surface area contributed by atoms with Crippen LogP contribution >= 0.6 is 0 Å². The molecule has 170 valence electrons. The maximum absolute atomic E-state index is 13.4. The summed E-state index contributed by atoms with van der Waals surface area (Å²) in [6.07, 6.45) is 0. The molecule has 13 heteroatoms. The third-order valence-electron chi connectivity index (χ3n) is 5.12. The van der Waals surface area contributed by atoms with E-state index in [1.54, 1.807) is 31.2 Å². The second kappa shape index (κ2) is 8.45. The Morgan fingerprint density at radius 1 is 1.24 bits per heavy atom. The maximum atomic E-state index is 13.4. The van der Waals surface area contributed by atoms with Crippen molar-refractivity contribution >= 4 is 23.2 Å². The number of nitrogens with one attached hydrogen (secondary N) is 2. The number of nitro groups is 1. The number of aromatic nitrogens is 4. The Kier molecular flexibility index (Phi) is 5.52. The van der Waals surface area contributed by atoms with Gasteiger partial charge in [-0.3, -0.25) is 14.9 Å². The predicted octanol–water partition coefficient (Wildman–Crippen LogP) is 2.23. The van der Waals surface area contributed by atoms with Crippen molar-refractivity contribution in [2.24, 2.45) is 0 Å². The van der Waals surface area contributed by atoms with Crippen molar-refractivity contribution in [3.05, 3.63) is 63.3 Å². The van der Waals surface area contributed by atoms with Crippen molar-refractivity contribution in [2.45, 2.75) is 13.0 Å². The number of carbonyl (C=O) groups is 1. The second-order valence-corrected chi connectivity index (χ2v) is 7.02. The highest BCUT2D eigenvalue weighted by molar-refractivity contribution is 6.06. The number of amides is 1. The summed E-state index contributed by atoms with van der Waals surface area (Å²) < 4.78 is 11.7. The average Bonchev–Trinajstić information content (AvgIpc) is 3.26. The second-order valence-electron chi connectivity index (χ2n) is 7.02. The summed E-state index contributed by atoms with van der Waals surface area (Å²) in [5.41, 5.74) is 0.739. The van der Waals surface area contributed by atoms with E-state index in [0.717, 1.165) is 6.07 Å². The molecule has 1 atom stereocenters. The summed E-state index contributed by atoms with van der Waals surface area (Å²) in [7, 11) is 2.75. The van der Waals surface area contributed by atoms with Gasteiger partial charge >= 0.3 is 5.69 Å². The fourth-order valence-corrected chi connectivity index (χ4v) is 3.62. The maximum Gasteiger partial charge on any atom is 0.315 e. The van der Waals surface area contributed by atoms with Gasteiger partial charge < -0.3 is 25.2 Å². The fraction of sp³-hybridized carbons (Fsp3) is 0.200. The largest absolute Gasteiger partial charge is 0.500 e. The van der Waals surface area contributed by atoms with E-state index >= 15 is 0 Å². The first-order valence-electron chi connectivity index (χ1n) is 9.61. The van der Waals surface area contributed by atoms with E-state index in [9.17, 15) is 20.0 Å². The number of tetrazole rings is 1. The number of methoxy groups -OCH3 is 2. The SMILES string of the molecule is COc1ccccc1NC(=O)C1=C(C)Nc2nnnn2[C@@H]1c1cc(OC)c(O)c([N+](=O)[O-])c1. The number of benzene rings is 2. The number of hydrogen-bond donors (Lipinski definition) is 3. The lowest BCUT2D eigenvalue weighted by molar-refractivity contribution is -0.386. The lowest BCUT2D eigenvalue weighted by atomic mass is 9.94. The van der Waals surface area contributed by atoms with Gasteiger partial charge in [0.15, 0.2) is 5.75 Å². The number of nitrogens with zero attached hydrogens (tertiary/aromatic N) is 5. The number of aromatic hydroxyl groups is 1. The van der Waals surface area contributed by atoms with E-state index in [0.29, 0.717) is 17.1 Å². The van der Waals surface area contributed by atoms with Crippen LogP contribution in [-0.2, 0) is 4.79 Å². The van der Waals surface area contributed by atoms with Crippen molar-refractivity contribution in [3.63, 3.8) is 0 Å². The van der Waals surface area contributed by atoms with Gasteiger partial charge in [-0.2, -0.15) is 4.68 Å². The van der Waals surface area contributed by atoms with Gasteiger partial charge in [-0.05, 0) is 41.1 Å².